The summed E-state index contributed by atoms with van der Waals surface area (Å²) in [5, 5.41) is 8.86. The van der Waals surface area contributed by atoms with Crippen molar-refractivity contribution < 1.29 is 14.3 Å². The minimum atomic E-state index is -0.271. The molecule has 0 saturated carbocycles. The summed E-state index contributed by atoms with van der Waals surface area (Å²) in [6.07, 6.45) is 7.68. The van der Waals surface area contributed by atoms with E-state index in [0.717, 1.165) is 36.9 Å². The maximum Gasteiger partial charge on any atom is 0.334 e. The highest BCUT2D eigenvalue weighted by Crippen LogP contribution is 2.49. The molecule has 2 saturated heterocycles. The van der Waals surface area contributed by atoms with Gasteiger partial charge in [-0.05, 0) is 76.1 Å². The molecule has 6 nitrogen and oxygen atoms in total. The number of nitrogens with zero attached hydrogens (tertiary/aromatic N) is 3. The molecule has 1 aromatic carbocycles. The molecule has 0 bridgehead atoms. The van der Waals surface area contributed by atoms with Gasteiger partial charge in [-0.2, -0.15) is 0 Å². The summed E-state index contributed by atoms with van der Waals surface area (Å²) in [6, 6.07) is 4.40. The number of fused-ring (bicyclic) bond motifs is 3. The summed E-state index contributed by atoms with van der Waals surface area (Å²) in [5.41, 5.74) is 7.45. The highest BCUT2D eigenvalue weighted by molar-refractivity contribution is 5.91. The van der Waals surface area contributed by atoms with Crippen LogP contribution in [0.4, 0.5) is 0 Å². The van der Waals surface area contributed by atoms with Crippen molar-refractivity contribution in [1.82, 2.24) is 15.0 Å². The summed E-state index contributed by atoms with van der Waals surface area (Å²) >= 11 is 0. The Morgan fingerprint density at radius 2 is 2.00 bits per heavy atom. The molecule has 0 spiro atoms. The van der Waals surface area contributed by atoms with Gasteiger partial charge >= 0.3 is 5.97 Å². The zero-order valence-corrected chi connectivity index (χ0v) is 19.4. The fraction of sp³-hybridized carbons (Fsp3) is 0.500. The van der Waals surface area contributed by atoms with Crippen molar-refractivity contribution in [3.8, 4) is 11.3 Å². The van der Waals surface area contributed by atoms with E-state index in [1.165, 1.54) is 22.3 Å². The first kappa shape index (κ1) is 21.1. The number of aryl methyl sites for hydroxylation is 3. The number of carbonyl (C=O) groups excluding carboxylic acids is 1. The molecule has 4 atom stereocenters. The van der Waals surface area contributed by atoms with Crippen LogP contribution in [0.1, 0.15) is 49.3 Å². The minimum absolute atomic E-state index is 0.00951. The Kier molecular flexibility index (Phi) is 5.08. The van der Waals surface area contributed by atoms with Crippen molar-refractivity contribution in [1.29, 1.82) is 0 Å². The van der Waals surface area contributed by atoms with Crippen LogP contribution in [0.25, 0.3) is 11.3 Å². The number of esters is 1. The van der Waals surface area contributed by atoms with Crippen molar-refractivity contribution in [2.24, 2.45) is 5.92 Å². The van der Waals surface area contributed by atoms with Crippen molar-refractivity contribution in [3.63, 3.8) is 0 Å². The Hall–Kier alpha value is -2.73. The van der Waals surface area contributed by atoms with E-state index >= 15 is 0 Å². The molecule has 32 heavy (non-hydrogen) atoms. The first-order valence-electron chi connectivity index (χ1n) is 11.5. The molecular formula is C26H31N3O3. The molecule has 3 heterocycles. The molecule has 0 amide bonds. The minimum Gasteiger partial charge on any atom is -0.455 e. The third-order valence-electron chi connectivity index (χ3n) is 7.46. The van der Waals surface area contributed by atoms with Crippen LogP contribution in [0, 0.1) is 26.7 Å². The number of allylic oxidation sites excluding steroid dienone is 2. The molecule has 168 valence electrons. The fourth-order valence-corrected chi connectivity index (χ4v) is 5.21. The Bertz CT molecular complexity index is 1130. The molecule has 1 aromatic heterocycles. The second-order valence-electron chi connectivity index (χ2n) is 9.85. The van der Waals surface area contributed by atoms with Gasteiger partial charge in [0.2, 0.25) is 0 Å². The number of benzene rings is 1. The average molecular weight is 434 g/mol. The predicted molar refractivity (Wildman–Crippen MR) is 122 cm³/mol. The number of ether oxygens (including phenoxy) is 2. The summed E-state index contributed by atoms with van der Waals surface area (Å²) in [5.74, 6) is -0.257. The van der Waals surface area contributed by atoms with E-state index in [9.17, 15) is 4.79 Å². The van der Waals surface area contributed by atoms with Crippen LogP contribution in [0.5, 0.6) is 0 Å². The molecule has 0 radical (unpaired) electrons. The number of aromatic nitrogens is 3. The lowest BCUT2D eigenvalue weighted by molar-refractivity contribution is -0.140. The molecule has 2 aliphatic heterocycles. The van der Waals surface area contributed by atoms with Crippen LogP contribution >= 0.6 is 0 Å². The highest BCUT2D eigenvalue weighted by atomic mass is 16.6. The Balaban J connectivity index is 1.35. The zero-order chi connectivity index (χ0) is 22.6. The molecule has 0 unspecified atom stereocenters. The molecule has 2 aromatic rings. The van der Waals surface area contributed by atoms with Crippen molar-refractivity contribution in [3.05, 3.63) is 58.8 Å². The van der Waals surface area contributed by atoms with Crippen molar-refractivity contribution in [2.75, 3.05) is 0 Å². The maximum absolute atomic E-state index is 12.2. The summed E-state index contributed by atoms with van der Waals surface area (Å²) < 4.78 is 13.6. The van der Waals surface area contributed by atoms with Gasteiger partial charge < -0.3 is 9.47 Å². The van der Waals surface area contributed by atoms with Crippen molar-refractivity contribution >= 4 is 5.97 Å². The summed E-state index contributed by atoms with van der Waals surface area (Å²) in [4.78, 5) is 12.2. The molecular weight excluding hydrogens is 402 g/mol. The Labute approximate surface area is 189 Å². The third kappa shape index (κ3) is 3.71. The first-order chi connectivity index (χ1) is 15.2. The molecule has 6 heteroatoms. The second-order valence-corrected chi connectivity index (χ2v) is 9.85. The van der Waals surface area contributed by atoms with Gasteiger partial charge in [0.1, 0.15) is 17.9 Å². The van der Waals surface area contributed by atoms with Crippen LogP contribution < -0.4 is 0 Å². The van der Waals surface area contributed by atoms with E-state index in [-0.39, 0.29) is 29.7 Å². The smallest absolute Gasteiger partial charge is 0.334 e. The molecule has 2 fully saturated rings. The Morgan fingerprint density at radius 3 is 2.81 bits per heavy atom. The van der Waals surface area contributed by atoms with E-state index in [1.54, 1.807) is 0 Å². The standard InChI is InChI=1S/C26H31N3O3/c1-15-11-17(3)21(12-16(15)2)22-14-29(28-27-22)13-19-7-6-10-26(5)24(32-26)23-20(9-8-19)18(4)25(30)31-23/h7,11-12,14,20,23-24H,4,6,8-10,13H2,1-3,5H3/b19-7+/t20-,23-,24-,26+/m0/s1. The third-order valence-corrected chi connectivity index (χ3v) is 7.46. The van der Waals surface area contributed by atoms with Gasteiger partial charge in [-0.3, -0.25) is 0 Å². The quantitative estimate of drug-likeness (QED) is 0.306. The van der Waals surface area contributed by atoms with Crippen LogP contribution in [-0.4, -0.2) is 38.8 Å². The van der Waals surface area contributed by atoms with Gasteiger partial charge in [0.15, 0.2) is 0 Å². The van der Waals surface area contributed by atoms with Crippen LogP contribution in [0.3, 0.4) is 0 Å². The van der Waals surface area contributed by atoms with E-state index in [2.05, 4.69) is 62.8 Å². The first-order valence-corrected chi connectivity index (χ1v) is 11.5. The van der Waals surface area contributed by atoms with Gasteiger partial charge in [-0.1, -0.05) is 29.5 Å². The van der Waals surface area contributed by atoms with Crippen LogP contribution in [0.15, 0.2) is 42.1 Å². The lowest BCUT2D eigenvalue weighted by atomic mass is 9.84. The topological polar surface area (TPSA) is 69.5 Å². The molecule has 5 rings (SSSR count). The monoisotopic (exact) mass is 433 g/mol. The van der Waals surface area contributed by atoms with Gasteiger partial charge in [-0.25, -0.2) is 9.48 Å². The normalized spacial score (nSPS) is 31.4. The lowest BCUT2D eigenvalue weighted by Gasteiger charge is -2.20. The summed E-state index contributed by atoms with van der Waals surface area (Å²) in [6.45, 7) is 13.2. The second kappa shape index (κ2) is 7.69. The zero-order valence-electron chi connectivity index (χ0n) is 19.4. The fourth-order valence-electron chi connectivity index (χ4n) is 5.21. The Morgan fingerprint density at radius 1 is 1.22 bits per heavy atom. The number of epoxide rings is 1. The van der Waals surface area contributed by atoms with Crippen LogP contribution in [-0.2, 0) is 20.8 Å². The van der Waals surface area contributed by atoms with E-state index < -0.39 is 0 Å². The van der Waals surface area contributed by atoms with E-state index in [0.29, 0.717) is 12.1 Å². The van der Waals surface area contributed by atoms with E-state index in [1.807, 2.05) is 10.9 Å². The molecule has 3 aliphatic rings. The number of carbonyl (C=O) groups is 1. The summed E-state index contributed by atoms with van der Waals surface area (Å²) in [7, 11) is 0. The number of rotatable bonds is 3. The van der Waals surface area contributed by atoms with Gasteiger partial charge in [-0.15, -0.1) is 5.10 Å². The highest BCUT2D eigenvalue weighted by Gasteiger charge is 2.61. The van der Waals surface area contributed by atoms with Crippen molar-refractivity contribution in [2.45, 2.75) is 77.7 Å². The largest absolute Gasteiger partial charge is 0.455 e. The maximum atomic E-state index is 12.2. The number of hydrogen-bond acceptors (Lipinski definition) is 5. The van der Waals surface area contributed by atoms with Gasteiger partial charge in [0.25, 0.3) is 0 Å². The lowest BCUT2D eigenvalue weighted by Crippen LogP contribution is -2.29. The average Bonchev–Trinajstić information content (AvgIpc) is 3.05. The molecule has 0 N–H and O–H groups in total. The predicted octanol–water partition coefficient (Wildman–Crippen LogP) is 4.63. The van der Waals surface area contributed by atoms with E-state index in [4.69, 9.17) is 9.47 Å². The van der Waals surface area contributed by atoms with Crippen LogP contribution in [0.2, 0.25) is 0 Å². The molecule has 1 aliphatic carbocycles. The van der Waals surface area contributed by atoms with Gasteiger partial charge in [0, 0.05) is 17.1 Å². The SMILES string of the molecule is C=C1C(=O)O[C@H]2[C@H]1CC/C(Cn1cc(-c3cc(C)c(C)cc3C)nn1)=C\CC[C@@]1(C)O[C@@H]21. The number of hydrogen-bond donors (Lipinski definition) is 0. The van der Waals surface area contributed by atoms with Gasteiger partial charge in [0.05, 0.1) is 18.3 Å².